The fourth-order valence-electron chi connectivity index (χ4n) is 3.69. The minimum absolute atomic E-state index is 0.0233. The Morgan fingerprint density at radius 2 is 2.00 bits per heavy atom. The highest BCUT2D eigenvalue weighted by molar-refractivity contribution is 5.84. The van der Waals surface area contributed by atoms with Gasteiger partial charge in [-0.05, 0) is 61.2 Å². The van der Waals surface area contributed by atoms with Crippen LogP contribution in [0.2, 0.25) is 0 Å². The van der Waals surface area contributed by atoms with Crippen molar-refractivity contribution in [3.05, 3.63) is 75.5 Å². The lowest BCUT2D eigenvalue weighted by Crippen LogP contribution is -2.26. The molecule has 154 valence electrons. The van der Waals surface area contributed by atoms with Crippen LogP contribution in [0.25, 0.3) is 21.9 Å². The van der Waals surface area contributed by atoms with E-state index in [4.69, 9.17) is 4.42 Å². The van der Waals surface area contributed by atoms with Gasteiger partial charge in [0.05, 0.1) is 0 Å². The van der Waals surface area contributed by atoms with Gasteiger partial charge >= 0.3 is 5.63 Å². The number of benzene rings is 2. The second-order valence-electron chi connectivity index (χ2n) is 7.28. The van der Waals surface area contributed by atoms with Crippen LogP contribution < -0.4 is 10.9 Å². The molecular formula is C23H21FN2O4. The number of aromatic nitrogens is 1. The van der Waals surface area contributed by atoms with Crippen molar-refractivity contribution in [2.75, 3.05) is 6.54 Å². The van der Waals surface area contributed by atoms with Crippen LogP contribution in [-0.4, -0.2) is 22.5 Å². The number of H-pyrrole nitrogens is 1. The number of aromatic hydroxyl groups is 1. The second-order valence-corrected chi connectivity index (χ2v) is 7.28. The van der Waals surface area contributed by atoms with Gasteiger partial charge in [-0.2, -0.15) is 0 Å². The minimum Gasteiger partial charge on any atom is -0.508 e. The molecule has 2 heterocycles. The van der Waals surface area contributed by atoms with Gasteiger partial charge in [-0.25, -0.2) is 9.18 Å². The fourth-order valence-corrected chi connectivity index (χ4v) is 3.69. The number of amides is 1. The number of aryl methyl sites for hydroxylation is 1. The summed E-state index contributed by atoms with van der Waals surface area (Å²) in [4.78, 5) is 27.6. The number of hydrogen-bond acceptors (Lipinski definition) is 4. The van der Waals surface area contributed by atoms with E-state index in [1.807, 2.05) is 6.20 Å². The molecule has 7 heteroatoms. The number of halogens is 1. The predicted molar refractivity (Wildman–Crippen MR) is 112 cm³/mol. The first kappa shape index (κ1) is 19.7. The number of fused-ring (bicyclic) bond motifs is 2. The monoisotopic (exact) mass is 408 g/mol. The molecule has 0 aliphatic carbocycles. The highest BCUT2D eigenvalue weighted by Crippen LogP contribution is 2.24. The first-order valence-electron chi connectivity index (χ1n) is 9.70. The van der Waals surface area contributed by atoms with Crippen LogP contribution in [0.5, 0.6) is 5.75 Å². The average molecular weight is 408 g/mol. The van der Waals surface area contributed by atoms with Gasteiger partial charge in [-0.3, -0.25) is 4.79 Å². The molecule has 0 saturated carbocycles. The summed E-state index contributed by atoms with van der Waals surface area (Å²) in [5.41, 5.74) is 2.80. The van der Waals surface area contributed by atoms with E-state index in [2.05, 4.69) is 10.3 Å². The largest absolute Gasteiger partial charge is 0.508 e. The van der Waals surface area contributed by atoms with E-state index in [0.29, 0.717) is 24.1 Å². The van der Waals surface area contributed by atoms with Gasteiger partial charge in [-0.1, -0.05) is 0 Å². The van der Waals surface area contributed by atoms with Crippen molar-refractivity contribution in [2.24, 2.45) is 0 Å². The van der Waals surface area contributed by atoms with Crippen LogP contribution in [0.4, 0.5) is 4.39 Å². The van der Waals surface area contributed by atoms with Gasteiger partial charge in [-0.15, -0.1) is 0 Å². The number of carbonyl (C=O) groups excluding carboxylic acids is 1. The normalized spacial score (nSPS) is 11.3. The molecule has 2 aromatic heterocycles. The molecule has 3 N–H and O–H groups in total. The lowest BCUT2D eigenvalue weighted by Gasteiger charge is -2.08. The quantitative estimate of drug-likeness (QED) is 0.424. The first-order chi connectivity index (χ1) is 14.4. The first-order valence-corrected chi connectivity index (χ1v) is 9.70. The Kier molecular flexibility index (Phi) is 5.27. The third-order valence-corrected chi connectivity index (χ3v) is 5.32. The Hall–Kier alpha value is -3.61. The molecule has 4 aromatic rings. The molecule has 2 aromatic carbocycles. The number of aromatic amines is 1. The molecule has 4 rings (SSSR count). The summed E-state index contributed by atoms with van der Waals surface area (Å²) >= 11 is 0. The van der Waals surface area contributed by atoms with Gasteiger partial charge in [0.25, 0.3) is 0 Å². The van der Waals surface area contributed by atoms with E-state index in [9.17, 15) is 19.1 Å². The van der Waals surface area contributed by atoms with Crippen LogP contribution in [0.3, 0.4) is 0 Å². The number of carbonyl (C=O) groups is 1. The van der Waals surface area contributed by atoms with Crippen molar-refractivity contribution in [1.29, 1.82) is 0 Å². The zero-order valence-electron chi connectivity index (χ0n) is 16.4. The molecule has 0 unspecified atom stereocenters. The minimum atomic E-state index is -0.501. The molecule has 0 bridgehead atoms. The second kappa shape index (κ2) is 8.02. The molecule has 1 amide bonds. The fraction of sp³-hybridized carbons (Fsp3) is 0.217. The van der Waals surface area contributed by atoms with Gasteiger partial charge in [0, 0.05) is 47.1 Å². The molecule has 0 spiro atoms. The third-order valence-electron chi connectivity index (χ3n) is 5.32. The number of phenolic OH excluding ortho intramolecular Hbond substituents is 1. The summed E-state index contributed by atoms with van der Waals surface area (Å²) in [6.45, 7) is 2.21. The molecule has 0 fully saturated rings. The maximum absolute atomic E-state index is 13.5. The highest BCUT2D eigenvalue weighted by Gasteiger charge is 2.13. The Bertz CT molecular complexity index is 1310. The number of hydrogen-bond donors (Lipinski definition) is 3. The van der Waals surface area contributed by atoms with E-state index in [-0.39, 0.29) is 30.3 Å². The summed E-state index contributed by atoms with van der Waals surface area (Å²) in [6.07, 6.45) is 2.79. The third kappa shape index (κ3) is 3.91. The van der Waals surface area contributed by atoms with Gasteiger partial charge < -0.3 is 19.8 Å². The van der Waals surface area contributed by atoms with Crippen molar-refractivity contribution < 1.29 is 18.7 Å². The maximum Gasteiger partial charge on any atom is 0.339 e. The number of rotatable bonds is 6. The predicted octanol–water partition coefficient (Wildman–Crippen LogP) is 3.72. The van der Waals surface area contributed by atoms with E-state index >= 15 is 0 Å². The molecule has 0 aliphatic rings. The smallest absolute Gasteiger partial charge is 0.339 e. The van der Waals surface area contributed by atoms with E-state index in [1.54, 1.807) is 19.1 Å². The maximum atomic E-state index is 13.5. The summed E-state index contributed by atoms with van der Waals surface area (Å²) < 4.78 is 18.7. The lowest BCUT2D eigenvalue weighted by atomic mass is 10.0. The van der Waals surface area contributed by atoms with Crippen molar-refractivity contribution in [3.63, 3.8) is 0 Å². The van der Waals surface area contributed by atoms with Crippen molar-refractivity contribution >= 4 is 27.8 Å². The van der Waals surface area contributed by atoms with Crippen LogP contribution in [0.1, 0.15) is 23.1 Å². The Morgan fingerprint density at radius 1 is 1.17 bits per heavy atom. The van der Waals surface area contributed by atoms with Crippen molar-refractivity contribution in [3.8, 4) is 5.75 Å². The topological polar surface area (TPSA) is 95.3 Å². The zero-order valence-corrected chi connectivity index (χ0v) is 16.4. The Balaban J connectivity index is 1.37. The summed E-state index contributed by atoms with van der Waals surface area (Å²) in [5, 5.41) is 13.9. The van der Waals surface area contributed by atoms with Crippen LogP contribution in [0.15, 0.2) is 51.8 Å². The molecule has 0 aliphatic heterocycles. The van der Waals surface area contributed by atoms with Crippen LogP contribution in [0, 0.1) is 12.7 Å². The van der Waals surface area contributed by atoms with E-state index < -0.39 is 5.63 Å². The number of phenols is 1. The summed E-state index contributed by atoms with van der Waals surface area (Å²) in [5.74, 6) is -0.451. The molecule has 0 radical (unpaired) electrons. The molecule has 0 atom stereocenters. The van der Waals surface area contributed by atoms with Crippen LogP contribution in [-0.2, 0) is 17.6 Å². The lowest BCUT2D eigenvalue weighted by molar-refractivity contribution is -0.121. The average Bonchev–Trinajstić information content (AvgIpc) is 3.09. The van der Waals surface area contributed by atoms with Gasteiger partial charge in [0.15, 0.2) is 0 Å². The van der Waals surface area contributed by atoms with Crippen molar-refractivity contribution in [1.82, 2.24) is 10.3 Å². The summed E-state index contributed by atoms with van der Waals surface area (Å²) in [6, 6.07) is 9.18. The van der Waals surface area contributed by atoms with Gasteiger partial charge in [0.2, 0.25) is 5.91 Å². The highest BCUT2D eigenvalue weighted by atomic mass is 19.1. The van der Waals surface area contributed by atoms with Crippen molar-refractivity contribution in [2.45, 2.75) is 26.2 Å². The Labute approximate surface area is 171 Å². The van der Waals surface area contributed by atoms with E-state index in [0.717, 1.165) is 27.4 Å². The standard InChI is InChI=1S/C23H21FN2O4/c1-13-17-4-3-16(27)11-21(17)30-23(29)18(13)5-7-22(28)25-9-8-14-12-26-20-6-2-15(24)10-19(14)20/h2-4,6,10-12,26-27H,5,7-9H2,1H3,(H,25,28). The zero-order chi connectivity index (χ0) is 21.3. The Morgan fingerprint density at radius 3 is 2.83 bits per heavy atom. The summed E-state index contributed by atoms with van der Waals surface area (Å²) in [7, 11) is 0. The molecule has 0 saturated heterocycles. The van der Waals surface area contributed by atoms with Gasteiger partial charge in [0.1, 0.15) is 17.1 Å². The molecule has 30 heavy (non-hydrogen) atoms. The van der Waals surface area contributed by atoms with Crippen LogP contribution >= 0.6 is 0 Å². The van der Waals surface area contributed by atoms with E-state index in [1.165, 1.54) is 24.3 Å². The molecular weight excluding hydrogens is 387 g/mol. The SMILES string of the molecule is Cc1c(CCC(=O)NCCc2c[nH]c3ccc(F)cc23)c(=O)oc2cc(O)ccc12. The number of nitrogens with one attached hydrogen (secondary N) is 2. The molecule has 6 nitrogen and oxygen atoms in total.